The Labute approximate surface area is 306 Å². The molecule has 1 atom stereocenters. The van der Waals surface area contributed by atoms with Crippen LogP contribution in [0.5, 0.6) is 5.75 Å². The first-order chi connectivity index (χ1) is 24.7. The number of aromatic nitrogens is 4. The zero-order chi connectivity index (χ0) is 37.5. The van der Waals surface area contributed by atoms with Crippen LogP contribution in [0.3, 0.4) is 0 Å². The van der Waals surface area contributed by atoms with E-state index in [9.17, 15) is 25.2 Å². The molecule has 2 amide bonds. The lowest BCUT2D eigenvalue weighted by Crippen LogP contribution is -2.74. The van der Waals surface area contributed by atoms with Crippen LogP contribution in [-0.4, -0.2) is 98.9 Å². The van der Waals surface area contributed by atoms with Crippen molar-refractivity contribution in [2.75, 3.05) is 56.0 Å². The molecule has 1 saturated carbocycles. The molecule has 1 aliphatic carbocycles. The van der Waals surface area contributed by atoms with Crippen molar-refractivity contribution in [2.45, 2.75) is 51.7 Å². The summed E-state index contributed by atoms with van der Waals surface area (Å²) in [6, 6.07) is 15.5. The Kier molecular flexibility index (Phi) is 9.51. The van der Waals surface area contributed by atoms with E-state index in [0.717, 1.165) is 24.2 Å². The number of likely N-dealkylation sites (N-methyl/N-ethyl adjacent to an activating group) is 1. The number of hydrogen-bond acceptors (Lipinski definition) is 11. The summed E-state index contributed by atoms with van der Waals surface area (Å²) in [4.78, 5) is 42.6. The zero-order valence-electron chi connectivity index (χ0n) is 29.9. The van der Waals surface area contributed by atoms with Gasteiger partial charge in [-0.2, -0.15) is 20.0 Å². The van der Waals surface area contributed by atoms with Crippen molar-refractivity contribution in [2.24, 2.45) is 5.41 Å². The Bertz CT molecular complexity index is 2110. The van der Waals surface area contributed by atoms with Crippen LogP contribution in [0, 0.1) is 28.1 Å². The zero-order valence-corrected chi connectivity index (χ0v) is 30.6. The number of nitrogens with zero attached hydrogens (tertiary/aromatic N) is 10. The summed E-state index contributed by atoms with van der Waals surface area (Å²) < 4.78 is 6.77. The van der Waals surface area contributed by atoms with Gasteiger partial charge in [0, 0.05) is 39.8 Å². The first kappa shape index (κ1) is 36.0. The number of anilines is 4. The van der Waals surface area contributed by atoms with E-state index in [1.807, 2.05) is 49.9 Å². The van der Waals surface area contributed by atoms with Gasteiger partial charge in [-0.05, 0) is 48.1 Å². The van der Waals surface area contributed by atoms with Crippen molar-refractivity contribution >= 4 is 52.4 Å². The van der Waals surface area contributed by atoms with E-state index in [1.54, 1.807) is 33.3 Å². The van der Waals surface area contributed by atoms with Crippen molar-refractivity contribution < 1.29 is 19.4 Å². The summed E-state index contributed by atoms with van der Waals surface area (Å²) in [5.74, 6) is 1.02. The molecular formula is C36H40ClN11O4. The maximum atomic E-state index is 13.9. The molecule has 16 heteroatoms. The standard InChI is InChI=1S/C36H40ClN11O4/c1-35(2,3)36(32(49)44(4)5)21-45(13-14-47(36)34(50)51)28-16-23(17-38)15-27(29(28)37)41-33-42-31(30-40-19-25(18-39)48(30)43-33)46(24-9-10-24)20-22-7-11-26(52-6)12-8-22/h7-8,11-12,15-16,19,24H,9-10,13-14,20-21H2,1-6H3,(H,41,43)(H,50,51). The van der Waals surface area contributed by atoms with Gasteiger partial charge in [0.05, 0.1) is 47.9 Å². The number of benzene rings is 2. The maximum Gasteiger partial charge on any atom is 0.408 e. The molecule has 15 nitrogen and oxygen atoms in total. The number of halogens is 1. The number of amides is 2. The molecule has 1 aliphatic heterocycles. The van der Waals surface area contributed by atoms with E-state index in [2.05, 4.69) is 32.4 Å². The number of methoxy groups -OCH3 is 1. The fraction of sp³-hybridized carbons (Fsp3) is 0.417. The Morgan fingerprint density at radius 2 is 1.85 bits per heavy atom. The van der Waals surface area contributed by atoms with Gasteiger partial charge in [0.25, 0.3) is 5.91 Å². The van der Waals surface area contributed by atoms with Crippen molar-refractivity contribution in [3.8, 4) is 17.9 Å². The van der Waals surface area contributed by atoms with Gasteiger partial charge in [-0.3, -0.25) is 9.69 Å². The largest absolute Gasteiger partial charge is 0.497 e. The minimum atomic E-state index is -1.48. The van der Waals surface area contributed by atoms with Crippen LogP contribution in [0.1, 0.15) is 50.4 Å². The molecule has 2 aromatic heterocycles. The number of ether oxygens (including phenoxy) is 1. The molecule has 1 unspecified atom stereocenters. The lowest BCUT2D eigenvalue weighted by molar-refractivity contribution is -0.149. The summed E-state index contributed by atoms with van der Waals surface area (Å²) in [6.45, 7) is 6.26. The number of nitriles is 2. The number of imidazole rings is 1. The summed E-state index contributed by atoms with van der Waals surface area (Å²) >= 11 is 7.13. The smallest absolute Gasteiger partial charge is 0.408 e. The number of fused-ring (bicyclic) bond motifs is 1. The van der Waals surface area contributed by atoms with Gasteiger partial charge in [0.1, 0.15) is 17.4 Å². The molecule has 270 valence electrons. The Balaban J connectivity index is 1.42. The van der Waals surface area contributed by atoms with Gasteiger partial charge in [-0.1, -0.05) is 44.5 Å². The molecule has 3 heterocycles. The molecular weight excluding hydrogens is 686 g/mol. The number of piperazine rings is 1. The Morgan fingerprint density at radius 1 is 1.13 bits per heavy atom. The van der Waals surface area contributed by atoms with Crippen LogP contribution >= 0.6 is 11.6 Å². The number of carbonyl (C=O) groups is 2. The normalized spacial score (nSPS) is 17.3. The van der Waals surface area contributed by atoms with E-state index in [1.165, 1.54) is 20.5 Å². The van der Waals surface area contributed by atoms with Gasteiger partial charge in [-0.25, -0.2) is 9.78 Å². The first-order valence-corrected chi connectivity index (χ1v) is 17.1. The molecule has 1 saturated heterocycles. The molecule has 2 N–H and O–H groups in total. The number of nitrogens with one attached hydrogen (secondary N) is 1. The van der Waals surface area contributed by atoms with E-state index in [-0.39, 0.29) is 53.8 Å². The maximum absolute atomic E-state index is 13.9. The van der Waals surface area contributed by atoms with Crippen molar-refractivity contribution in [1.29, 1.82) is 10.5 Å². The molecule has 0 spiro atoms. The average Bonchev–Trinajstić information content (AvgIpc) is 3.88. The Hall–Kier alpha value is -5.80. The highest BCUT2D eigenvalue weighted by molar-refractivity contribution is 6.36. The molecule has 2 aliphatic rings. The number of carboxylic acid groups (broad SMARTS) is 1. The highest BCUT2D eigenvalue weighted by atomic mass is 35.5. The number of rotatable bonds is 9. The topological polar surface area (TPSA) is 179 Å². The summed E-state index contributed by atoms with van der Waals surface area (Å²) in [5.41, 5.74) is 0.372. The first-order valence-electron chi connectivity index (χ1n) is 16.8. The van der Waals surface area contributed by atoms with E-state index in [0.29, 0.717) is 29.4 Å². The second-order valence-corrected chi connectivity index (χ2v) is 14.6. The molecule has 6 rings (SSSR count). The van der Waals surface area contributed by atoms with E-state index >= 15 is 0 Å². The highest BCUT2D eigenvalue weighted by Crippen LogP contribution is 2.44. The van der Waals surface area contributed by atoms with Gasteiger partial charge >= 0.3 is 6.09 Å². The van der Waals surface area contributed by atoms with Crippen LogP contribution < -0.4 is 19.9 Å². The lowest BCUT2D eigenvalue weighted by atomic mass is 9.69. The van der Waals surface area contributed by atoms with Gasteiger partial charge in [0.15, 0.2) is 17.2 Å². The molecule has 52 heavy (non-hydrogen) atoms. The molecule has 2 fully saturated rings. The van der Waals surface area contributed by atoms with Gasteiger partial charge in [-0.15, -0.1) is 5.10 Å². The molecule has 4 aromatic rings. The van der Waals surface area contributed by atoms with E-state index in [4.69, 9.17) is 21.3 Å². The third kappa shape index (κ3) is 6.44. The minimum absolute atomic E-state index is 0.0112. The summed E-state index contributed by atoms with van der Waals surface area (Å²) in [6.07, 6.45) is 2.17. The SMILES string of the molecule is COc1ccc(CN(c2nc(Nc3cc(C#N)cc(N4CCN(C(=O)O)C(C(=O)N(C)C)(C(C)(C)C)C4)c3Cl)nn3c(C#N)cnc23)C2CC2)cc1. The monoisotopic (exact) mass is 725 g/mol. The molecule has 0 radical (unpaired) electrons. The highest BCUT2D eigenvalue weighted by Gasteiger charge is 2.58. The second kappa shape index (κ2) is 13.7. The number of carbonyl (C=O) groups excluding carboxylic acids is 1. The molecule has 2 aromatic carbocycles. The third-order valence-corrected chi connectivity index (χ3v) is 10.1. The fourth-order valence-corrected chi connectivity index (χ4v) is 7.10. The summed E-state index contributed by atoms with van der Waals surface area (Å²) in [5, 5.41) is 38.3. The summed E-state index contributed by atoms with van der Waals surface area (Å²) in [7, 11) is 4.82. The predicted octanol–water partition coefficient (Wildman–Crippen LogP) is 5.12. The quantitative estimate of drug-likeness (QED) is 0.233. The lowest BCUT2D eigenvalue weighted by Gasteiger charge is -2.55. The van der Waals surface area contributed by atoms with Gasteiger partial charge in [0.2, 0.25) is 5.95 Å². The van der Waals surface area contributed by atoms with Crippen LogP contribution in [0.15, 0.2) is 42.6 Å². The number of hydrogen-bond donors (Lipinski definition) is 2. The minimum Gasteiger partial charge on any atom is -0.497 e. The van der Waals surface area contributed by atoms with Crippen molar-refractivity contribution in [1.82, 2.24) is 29.4 Å². The second-order valence-electron chi connectivity index (χ2n) is 14.2. The Morgan fingerprint density at radius 3 is 2.42 bits per heavy atom. The van der Waals surface area contributed by atoms with Crippen LogP contribution in [0.4, 0.5) is 27.9 Å². The van der Waals surface area contributed by atoms with Crippen molar-refractivity contribution in [3.05, 3.63) is 64.4 Å². The third-order valence-electron chi connectivity index (χ3n) is 9.71. The van der Waals surface area contributed by atoms with Gasteiger partial charge < -0.3 is 29.9 Å². The van der Waals surface area contributed by atoms with E-state index < -0.39 is 17.0 Å². The van der Waals surface area contributed by atoms with Crippen LogP contribution in [0.25, 0.3) is 5.65 Å². The van der Waals surface area contributed by atoms with Crippen LogP contribution in [0.2, 0.25) is 5.02 Å². The van der Waals surface area contributed by atoms with Crippen molar-refractivity contribution in [3.63, 3.8) is 0 Å². The van der Waals surface area contributed by atoms with Crippen LogP contribution in [-0.2, 0) is 11.3 Å². The fourth-order valence-electron chi connectivity index (χ4n) is 6.83. The molecule has 0 bridgehead atoms. The average molecular weight is 726 g/mol. The predicted molar refractivity (Wildman–Crippen MR) is 195 cm³/mol.